The third kappa shape index (κ3) is 3.70. The molecule has 37 heavy (non-hydrogen) atoms. The fourth-order valence-corrected chi connectivity index (χ4v) is 5.96. The highest BCUT2D eigenvalue weighted by Gasteiger charge is 2.53. The molecule has 1 saturated heterocycles. The Balaban J connectivity index is 1.29. The van der Waals surface area contributed by atoms with Crippen molar-refractivity contribution in [2.24, 2.45) is 0 Å². The van der Waals surface area contributed by atoms with Gasteiger partial charge in [-0.25, -0.2) is 4.79 Å². The molecule has 2 aromatic carbocycles. The summed E-state index contributed by atoms with van der Waals surface area (Å²) in [4.78, 5) is 41.4. The number of hydrogen-bond donors (Lipinski definition) is 1. The molecule has 190 valence electrons. The predicted molar refractivity (Wildman–Crippen MR) is 136 cm³/mol. The Kier molecular flexibility index (Phi) is 5.55. The molecule has 3 heterocycles. The van der Waals surface area contributed by atoms with Crippen LogP contribution in [0, 0.1) is 13.8 Å². The Labute approximate surface area is 215 Å². The summed E-state index contributed by atoms with van der Waals surface area (Å²) in [6.07, 6.45) is 3.16. The number of imide groups is 1. The van der Waals surface area contributed by atoms with E-state index in [0.717, 1.165) is 52.4 Å². The highest BCUT2D eigenvalue weighted by Crippen LogP contribution is 2.39. The zero-order chi connectivity index (χ0) is 25.7. The lowest BCUT2D eigenvalue weighted by Gasteiger charge is -2.27. The monoisotopic (exact) mass is 499 g/mol. The van der Waals surface area contributed by atoms with Crippen LogP contribution in [-0.2, 0) is 16.8 Å². The van der Waals surface area contributed by atoms with E-state index in [2.05, 4.69) is 5.32 Å². The maximum absolute atomic E-state index is 13.7. The lowest BCUT2D eigenvalue weighted by atomic mass is 9.84. The SMILES string of the molecule is Cc1cc(C(=O)CN2C(=O)N[C@@]3(CCCCc4ccccc43)C2=O)c(C)n1-c1ccc2c(c1)OCCO2. The van der Waals surface area contributed by atoms with Crippen molar-refractivity contribution in [3.05, 3.63) is 76.6 Å². The summed E-state index contributed by atoms with van der Waals surface area (Å²) in [7, 11) is 0. The normalized spacial score (nSPS) is 20.5. The van der Waals surface area contributed by atoms with Crippen molar-refractivity contribution in [1.29, 1.82) is 0 Å². The van der Waals surface area contributed by atoms with Gasteiger partial charge in [0.1, 0.15) is 18.8 Å². The lowest BCUT2D eigenvalue weighted by Crippen LogP contribution is -2.44. The molecule has 1 N–H and O–H groups in total. The van der Waals surface area contributed by atoms with Crippen LogP contribution in [0.25, 0.3) is 5.69 Å². The Morgan fingerprint density at radius 1 is 1.00 bits per heavy atom. The van der Waals surface area contributed by atoms with E-state index in [1.54, 1.807) is 0 Å². The van der Waals surface area contributed by atoms with Crippen LogP contribution in [0.1, 0.15) is 52.1 Å². The predicted octanol–water partition coefficient (Wildman–Crippen LogP) is 4.22. The maximum Gasteiger partial charge on any atom is 0.325 e. The average Bonchev–Trinajstić information content (AvgIpc) is 3.24. The molecular formula is C29H29N3O5. The number of nitrogens with zero attached hydrogens (tertiary/aromatic N) is 2. The van der Waals surface area contributed by atoms with Crippen LogP contribution in [0.2, 0.25) is 0 Å². The number of carbonyl (C=O) groups is 3. The van der Waals surface area contributed by atoms with Gasteiger partial charge in [0.15, 0.2) is 17.3 Å². The number of urea groups is 1. The molecule has 6 rings (SSSR count). The number of aryl methyl sites for hydroxylation is 2. The summed E-state index contributed by atoms with van der Waals surface area (Å²) < 4.78 is 13.3. The number of fused-ring (bicyclic) bond motifs is 3. The van der Waals surface area contributed by atoms with Gasteiger partial charge in [0.25, 0.3) is 5.91 Å². The van der Waals surface area contributed by atoms with E-state index in [1.165, 1.54) is 0 Å². The quantitative estimate of drug-likeness (QED) is 0.429. The molecule has 2 aliphatic heterocycles. The summed E-state index contributed by atoms with van der Waals surface area (Å²) in [5.41, 5.74) is 3.75. The van der Waals surface area contributed by atoms with Gasteiger partial charge in [-0.15, -0.1) is 0 Å². The smallest absolute Gasteiger partial charge is 0.325 e. The van der Waals surface area contributed by atoms with Gasteiger partial charge in [-0.3, -0.25) is 14.5 Å². The van der Waals surface area contributed by atoms with Crippen molar-refractivity contribution in [2.75, 3.05) is 19.8 Å². The van der Waals surface area contributed by atoms with Gasteiger partial charge < -0.3 is 19.4 Å². The second kappa shape index (κ2) is 8.80. The van der Waals surface area contributed by atoms with Crippen LogP contribution in [0.3, 0.4) is 0 Å². The van der Waals surface area contributed by atoms with Gasteiger partial charge in [-0.2, -0.15) is 0 Å². The van der Waals surface area contributed by atoms with Crippen LogP contribution in [0.4, 0.5) is 4.79 Å². The summed E-state index contributed by atoms with van der Waals surface area (Å²) in [5, 5.41) is 2.96. The summed E-state index contributed by atoms with van der Waals surface area (Å²) >= 11 is 0. The molecule has 1 aromatic heterocycles. The standard InChI is InChI=1S/C29H29N3O5/c1-18-15-22(19(2)32(18)21-10-11-25-26(16-21)37-14-13-36-25)24(33)17-31-27(34)29(30-28(31)35)12-6-5-8-20-7-3-4-9-23(20)29/h3-4,7,9-11,15-16H,5-6,8,12-14,17H2,1-2H3,(H,30,35)/t29-/m1/s1. The van der Waals surface area contributed by atoms with E-state index in [1.807, 2.05) is 66.9 Å². The topological polar surface area (TPSA) is 89.9 Å². The molecule has 0 radical (unpaired) electrons. The van der Waals surface area contributed by atoms with Gasteiger partial charge in [0.05, 0.1) is 6.54 Å². The second-order valence-corrected chi connectivity index (χ2v) is 9.96. The van der Waals surface area contributed by atoms with Crippen LogP contribution in [-0.4, -0.2) is 46.9 Å². The van der Waals surface area contributed by atoms with E-state index in [9.17, 15) is 14.4 Å². The average molecular weight is 500 g/mol. The zero-order valence-electron chi connectivity index (χ0n) is 21.0. The van der Waals surface area contributed by atoms with Gasteiger partial charge in [-0.1, -0.05) is 24.3 Å². The molecule has 1 aliphatic carbocycles. The van der Waals surface area contributed by atoms with Gasteiger partial charge in [0.2, 0.25) is 0 Å². The van der Waals surface area contributed by atoms with E-state index in [-0.39, 0.29) is 18.2 Å². The highest BCUT2D eigenvalue weighted by atomic mass is 16.6. The van der Waals surface area contributed by atoms with Crippen LogP contribution in [0.5, 0.6) is 11.5 Å². The van der Waals surface area contributed by atoms with E-state index in [4.69, 9.17) is 9.47 Å². The molecule has 8 nitrogen and oxygen atoms in total. The third-order valence-corrected chi connectivity index (χ3v) is 7.72. The Bertz CT molecular complexity index is 1440. The summed E-state index contributed by atoms with van der Waals surface area (Å²) in [5.74, 6) is 0.735. The first-order chi connectivity index (χ1) is 17.9. The van der Waals surface area contributed by atoms with E-state index >= 15 is 0 Å². The largest absolute Gasteiger partial charge is 0.486 e. The van der Waals surface area contributed by atoms with Crippen molar-refractivity contribution >= 4 is 17.7 Å². The number of Topliss-reactive ketones (excluding diaryl/α,β-unsaturated/α-hetero) is 1. The molecule has 0 unspecified atom stereocenters. The summed E-state index contributed by atoms with van der Waals surface area (Å²) in [6, 6.07) is 14.8. The fraction of sp³-hybridized carbons (Fsp3) is 0.345. The molecule has 0 bridgehead atoms. The number of carbonyl (C=O) groups excluding carboxylic acids is 3. The number of amides is 3. The maximum atomic E-state index is 13.7. The molecule has 3 amide bonds. The first-order valence-electron chi connectivity index (χ1n) is 12.7. The lowest BCUT2D eigenvalue weighted by molar-refractivity contribution is -0.131. The summed E-state index contributed by atoms with van der Waals surface area (Å²) in [6.45, 7) is 4.49. The van der Waals surface area contributed by atoms with Crippen LogP contribution >= 0.6 is 0 Å². The molecule has 1 spiro atoms. The van der Waals surface area contributed by atoms with Gasteiger partial charge >= 0.3 is 6.03 Å². The van der Waals surface area contributed by atoms with Gasteiger partial charge in [0, 0.05) is 28.7 Å². The third-order valence-electron chi connectivity index (χ3n) is 7.72. The minimum absolute atomic E-state index is 0.278. The molecular weight excluding hydrogens is 470 g/mol. The first kappa shape index (κ1) is 23.3. The number of ketones is 1. The van der Waals surface area contributed by atoms with Crippen LogP contribution in [0.15, 0.2) is 48.5 Å². The fourth-order valence-electron chi connectivity index (χ4n) is 5.96. The number of nitrogens with one attached hydrogen (secondary N) is 1. The minimum atomic E-state index is -1.10. The van der Waals surface area contributed by atoms with E-state index < -0.39 is 11.6 Å². The molecule has 3 aliphatic rings. The number of aromatic nitrogens is 1. The number of benzene rings is 2. The Morgan fingerprint density at radius 2 is 1.78 bits per heavy atom. The zero-order valence-corrected chi connectivity index (χ0v) is 21.0. The number of ether oxygens (including phenoxy) is 2. The van der Waals surface area contributed by atoms with Gasteiger partial charge in [-0.05, 0) is 68.9 Å². The highest BCUT2D eigenvalue weighted by molar-refractivity contribution is 6.11. The van der Waals surface area contributed by atoms with Crippen molar-refractivity contribution in [3.63, 3.8) is 0 Å². The minimum Gasteiger partial charge on any atom is -0.486 e. The Hall–Kier alpha value is -4.07. The molecule has 1 atom stereocenters. The molecule has 8 heteroatoms. The molecule has 1 fully saturated rings. The number of hydrogen-bond acceptors (Lipinski definition) is 5. The van der Waals surface area contributed by atoms with Crippen LogP contribution < -0.4 is 14.8 Å². The number of rotatable bonds is 4. The second-order valence-electron chi connectivity index (χ2n) is 9.96. The first-order valence-corrected chi connectivity index (χ1v) is 12.7. The van der Waals surface area contributed by atoms with E-state index in [0.29, 0.717) is 36.7 Å². The molecule has 0 saturated carbocycles. The van der Waals surface area contributed by atoms with Crippen molar-refractivity contribution in [3.8, 4) is 17.2 Å². The molecule has 3 aromatic rings. The van der Waals surface area contributed by atoms with Crippen molar-refractivity contribution in [1.82, 2.24) is 14.8 Å². The van der Waals surface area contributed by atoms with Crippen molar-refractivity contribution < 1.29 is 23.9 Å². The van der Waals surface area contributed by atoms with Crippen molar-refractivity contribution in [2.45, 2.75) is 45.1 Å². The Morgan fingerprint density at radius 3 is 2.62 bits per heavy atom.